The second-order valence-corrected chi connectivity index (χ2v) is 16.2. The zero-order valence-electron chi connectivity index (χ0n) is 33.3. The van der Waals surface area contributed by atoms with Gasteiger partial charge >= 0.3 is 6.85 Å². The Bertz CT molecular complexity index is 3270. The van der Waals surface area contributed by atoms with Gasteiger partial charge in [0.2, 0.25) is 0 Å². The van der Waals surface area contributed by atoms with Gasteiger partial charge in [0.1, 0.15) is 0 Å². The first kappa shape index (κ1) is 34.4. The van der Waals surface area contributed by atoms with E-state index < -0.39 is 0 Å². The molecule has 0 amide bonds. The SMILES string of the molecule is Cc1ccc(-c2ccccc2)cc1N1c2cc3ccccc3cc2B2c3c(cc(-c4ccccc4)cc31)-c1cc3ccccc3cc1N2c1ccc(-c2ccccc2)cc1. The number of hydrogen-bond donors (Lipinski definition) is 0. The first-order valence-corrected chi connectivity index (χ1v) is 20.9. The van der Waals surface area contributed by atoms with E-state index in [4.69, 9.17) is 0 Å². The lowest BCUT2D eigenvalue weighted by Gasteiger charge is -2.46. The van der Waals surface area contributed by atoms with E-state index in [0.29, 0.717) is 0 Å². The van der Waals surface area contributed by atoms with E-state index in [0.717, 1.165) is 5.69 Å². The maximum absolute atomic E-state index is 2.63. The van der Waals surface area contributed by atoms with Crippen LogP contribution in [0.2, 0.25) is 0 Å². The summed E-state index contributed by atoms with van der Waals surface area (Å²) >= 11 is 0. The smallest absolute Gasteiger partial charge is 0.333 e. The highest BCUT2D eigenvalue weighted by Gasteiger charge is 2.45. The Hall–Kier alpha value is -7.62. The number of nitrogens with zero attached hydrogens (tertiary/aromatic N) is 2. The third kappa shape index (κ3) is 5.51. The molecule has 0 radical (unpaired) electrons. The predicted molar refractivity (Wildman–Crippen MR) is 256 cm³/mol. The summed E-state index contributed by atoms with van der Waals surface area (Å²) in [4.78, 5) is 5.21. The minimum absolute atomic E-state index is 0.107. The van der Waals surface area contributed by atoms with Crippen molar-refractivity contribution in [3.8, 4) is 44.5 Å². The van der Waals surface area contributed by atoms with Gasteiger partial charge in [-0.1, -0.05) is 170 Å². The Morgan fingerprint density at radius 2 is 0.817 bits per heavy atom. The Kier molecular flexibility index (Phi) is 7.89. The van der Waals surface area contributed by atoms with E-state index >= 15 is 0 Å². The van der Waals surface area contributed by atoms with Crippen molar-refractivity contribution in [2.45, 2.75) is 6.92 Å². The molecular formula is C57H39BN2. The molecule has 0 aliphatic carbocycles. The zero-order valence-corrected chi connectivity index (χ0v) is 33.3. The lowest BCUT2D eigenvalue weighted by molar-refractivity contribution is 1.25. The quantitative estimate of drug-likeness (QED) is 0.161. The second-order valence-electron chi connectivity index (χ2n) is 16.2. The Balaban J connectivity index is 1.20. The number of rotatable bonds is 5. The second kappa shape index (κ2) is 13.8. The van der Waals surface area contributed by atoms with Gasteiger partial charge in [0.15, 0.2) is 0 Å². The molecule has 3 heteroatoms. The van der Waals surface area contributed by atoms with Gasteiger partial charge in [0, 0.05) is 34.0 Å². The van der Waals surface area contributed by atoms with Crippen LogP contribution in [0.25, 0.3) is 66.1 Å². The lowest BCUT2D eigenvalue weighted by atomic mass is 9.43. The molecule has 2 nitrogen and oxygen atoms in total. The van der Waals surface area contributed by atoms with E-state index in [2.05, 4.69) is 235 Å². The van der Waals surface area contributed by atoms with Crippen molar-refractivity contribution in [3.05, 3.63) is 224 Å². The fourth-order valence-corrected chi connectivity index (χ4v) is 9.78. The fraction of sp³-hybridized carbons (Fsp3) is 0.0175. The summed E-state index contributed by atoms with van der Waals surface area (Å²) in [6, 6.07) is 80.9. The number of anilines is 5. The van der Waals surface area contributed by atoms with Crippen molar-refractivity contribution < 1.29 is 0 Å². The standard InChI is InChI=1S/C57H39BN2/c1-38-25-26-47(40-17-7-3-8-18-40)34-53(38)59-55-36-46-24-14-12-22-44(46)33-52(55)58-57-51(32-48(37-56(57)59)41-19-9-4-10-20-41)50-31-43-21-11-13-23-45(43)35-54(50)60(58)49-29-27-42(28-30-49)39-15-5-2-6-16-39/h2-37H,1H3. The van der Waals surface area contributed by atoms with E-state index in [1.54, 1.807) is 0 Å². The first-order chi connectivity index (χ1) is 29.7. The molecule has 2 heterocycles. The molecule has 10 aromatic rings. The normalized spacial score (nSPS) is 12.7. The van der Waals surface area contributed by atoms with Crippen LogP contribution in [-0.4, -0.2) is 6.85 Å². The van der Waals surface area contributed by atoms with Gasteiger partial charge in [-0.3, -0.25) is 0 Å². The average Bonchev–Trinajstić information content (AvgIpc) is 3.31. The highest BCUT2D eigenvalue weighted by molar-refractivity contribution is 6.93. The van der Waals surface area contributed by atoms with Crippen molar-refractivity contribution in [3.63, 3.8) is 0 Å². The van der Waals surface area contributed by atoms with Crippen molar-refractivity contribution in [1.29, 1.82) is 0 Å². The number of aryl methyl sites for hydroxylation is 1. The Morgan fingerprint density at radius 1 is 0.333 bits per heavy atom. The first-order valence-electron chi connectivity index (χ1n) is 20.9. The van der Waals surface area contributed by atoms with Gasteiger partial charge in [-0.2, -0.15) is 0 Å². The van der Waals surface area contributed by atoms with E-state index in [1.165, 1.54) is 105 Å². The monoisotopic (exact) mass is 762 g/mol. The highest BCUT2D eigenvalue weighted by Crippen LogP contribution is 2.50. The number of hydrogen-bond acceptors (Lipinski definition) is 2. The van der Waals surface area contributed by atoms with Crippen LogP contribution >= 0.6 is 0 Å². The van der Waals surface area contributed by atoms with Crippen LogP contribution in [0, 0.1) is 6.92 Å². The van der Waals surface area contributed by atoms with E-state index in [1.807, 2.05) is 0 Å². The molecule has 0 aromatic heterocycles. The molecule has 2 aliphatic heterocycles. The van der Waals surface area contributed by atoms with Crippen LogP contribution in [0.15, 0.2) is 218 Å². The molecule has 0 spiro atoms. The molecule has 60 heavy (non-hydrogen) atoms. The Labute approximate surface area is 351 Å². The summed E-state index contributed by atoms with van der Waals surface area (Å²) in [6.45, 7) is 2.15. The van der Waals surface area contributed by atoms with Crippen molar-refractivity contribution in [1.82, 2.24) is 0 Å². The summed E-state index contributed by atoms with van der Waals surface area (Å²) in [5.74, 6) is 0. The molecule has 2 aliphatic rings. The topological polar surface area (TPSA) is 6.48 Å². The molecule has 10 aromatic carbocycles. The molecule has 0 unspecified atom stereocenters. The predicted octanol–water partition coefficient (Wildman–Crippen LogP) is 14.0. The maximum atomic E-state index is 2.63. The molecule has 0 saturated carbocycles. The maximum Gasteiger partial charge on any atom is 0.333 e. The van der Waals surface area contributed by atoms with Gasteiger partial charge in [0.25, 0.3) is 0 Å². The van der Waals surface area contributed by atoms with Gasteiger partial charge in [-0.25, -0.2) is 0 Å². The summed E-state index contributed by atoms with van der Waals surface area (Å²) in [5, 5.41) is 4.93. The molecule has 0 N–H and O–H groups in total. The fourth-order valence-electron chi connectivity index (χ4n) is 9.78. The minimum Gasteiger partial charge on any atom is -0.376 e. The molecule has 0 fully saturated rings. The van der Waals surface area contributed by atoms with E-state index in [-0.39, 0.29) is 6.85 Å². The van der Waals surface area contributed by atoms with Crippen LogP contribution in [0.5, 0.6) is 0 Å². The van der Waals surface area contributed by atoms with Crippen molar-refractivity contribution >= 4 is 67.8 Å². The largest absolute Gasteiger partial charge is 0.376 e. The van der Waals surface area contributed by atoms with Crippen LogP contribution in [0.4, 0.5) is 28.4 Å². The van der Waals surface area contributed by atoms with Crippen LogP contribution in [-0.2, 0) is 0 Å². The molecule has 0 atom stereocenters. The molecule has 12 rings (SSSR count). The van der Waals surface area contributed by atoms with Crippen molar-refractivity contribution in [2.75, 3.05) is 9.71 Å². The van der Waals surface area contributed by atoms with Crippen molar-refractivity contribution in [2.24, 2.45) is 0 Å². The van der Waals surface area contributed by atoms with Crippen LogP contribution < -0.4 is 20.6 Å². The zero-order chi connectivity index (χ0) is 39.7. The average molecular weight is 763 g/mol. The molecular weight excluding hydrogens is 723 g/mol. The summed E-state index contributed by atoms with van der Waals surface area (Å²) in [5.41, 5.74) is 19.5. The van der Waals surface area contributed by atoms with E-state index in [9.17, 15) is 0 Å². The van der Waals surface area contributed by atoms with Gasteiger partial charge in [-0.15, -0.1) is 0 Å². The third-order valence-electron chi connectivity index (χ3n) is 12.7. The van der Waals surface area contributed by atoms with Gasteiger partial charge in [-0.05, 0) is 132 Å². The molecule has 280 valence electrons. The Morgan fingerprint density at radius 3 is 1.45 bits per heavy atom. The van der Waals surface area contributed by atoms with Gasteiger partial charge < -0.3 is 9.71 Å². The minimum atomic E-state index is -0.107. The molecule has 0 bridgehead atoms. The molecule has 0 saturated heterocycles. The summed E-state index contributed by atoms with van der Waals surface area (Å²) < 4.78 is 0. The number of fused-ring (bicyclic) bond motifs is 6. The van der Waals surface area contributed by atoms with Crippen LogP contribution in [0.1, 0.15) is 5.56 Å². The summed E-state index contributed by atoms with van der Waals surface area (Å²) in [6.07, 6.45) is 0. The third-order valence-corrected chi connectivity index (χ3v) is 12.7. The summed E-state index contributed by atoms with van der Waals surface area (Å²) in [7, 11) is 0. The van der Waals surface area contributed by atoms with Gasteiger partial charge in [0.05, 0.1) is 0 Å². The van der Waals surface area contributed by atoms with Crippen LogP contribution in [0.3, 0.4) is 0 Å². The highest BCUT2D eigenvalue weighted by atomic mass is 15.2. The lowest BCUT2D eigenvalue weighted by Crippen LogP contribution is -2.61. The number of benzene rings is 10.